The molecule has 0 bridgehead atoms. The summed E-state index contributed by atoms with van der Waals surface area (Å²) < 4.78 is 16.7. The Morgan fingerprint density at radius 1 is 1.00 bits per heavy atom. The number of carbonyl (C=O) groups excluding carboxylic acids is 5. The molecule has 0 aliphatic carbocycles. The van der Waals surface area contributed by atoms with Gasteiger partial charge in [-0.1, -0.05) is 39.2 Å². The highest BCUT2D eigenvalue weighted by atomic mass is 16.6. The monoisotopic (exact) mass is 688 g/mol. The van der Waals surface area contributed by atoms with Crippen molar-refractivity contribution in [3.8, 4) is 17.1 Å². The van der Waals surface area contributed by atoms with Crippen molar-refractivity contribution in [3.63, 3.8) is 0 Å². The molecule has 2 aromatic rings. The maximum absolute atomic E-state index is 13.2. The molecule has 2 rings (SSSR count). The number of carboxylic acids is 1. The number of carboxylic acid groups (broad SMARTS) is 1. The number of unbranched alkanes of at least 4 members (excludes halogenated alkanes) is 2. The Labute approximate surface area is 285 Å². The van der Waals surface area contributed by atoms with Crippen molar-refractivity contribution in [2.45, 2.75) is 97.8 Å². The highest BCUT2D eigenvalue weighted by Gasteiger charge is 2.32. The maximum atomic E-state index is 13.2. The number of nitrogens with one attached hydrogen (secondary N) is 3. The maximum Gasteiger partial charge on any atom is 0.329 e. The summed E-state index contributed by atoms with van der Waals surface area (Å²) in [6.45, 7) is 10.3. The number of hydrogen-bond acceptors (Lipinski definition) is 10. The largest absolute Gasteiger partial charge is 0.493 e. The van der Waals surface area contributed by atoms with Crippen LogP contribution in [0.15, 0.2) is 34.7 Å². The van der Waals surface area contributed by atoms with Gasteiger partial charge in [-0.25, -0.2) is 9.86 Å². The number of furan rings is 1. The number of rotatable bonds is 20. The number of aliphatic carboxylic acids is 1. The molecule has 1 aromatic carbocycles. The second-order valence-electron chi connectivity index (χ2n) is 12.3. The van der Waals surface area contributed by atoms with Crippen molar-refractivity contribution in [2.75, 3.05) is 13.3 Å². The van der Waals surface area contributed by atoms with Crippen LogP contribution < -0.4 is 20.7 Å². The molecule has 5 N–H and O–H groups in total. The van der Waals surface area contributed by atoms with Gasteiger partial charge in [0, 0.05) is 5.56 Å². The van der Waals surface area contributed by atoms with Crippen LogP contribution in [0.3, 0.4) is 0 Å². The van der Waals surface area contributed by atoms with Crippen LogP contribution in [0.4, 0.5) is 0 Å². The highest BCUT2D eigenvalue weighted by molar-refractivity contribution is 6.00. The average molecular weight is 689 g/mol. The van der Waals surface area contributed by atoms with E-state index < -0.39 is 59.7 Å². The molecular formula is C34H48N4O11. The van der Waals surface area contributed by atoms with Crippen LogP contribution in [0.2, 0.25) is 0 Å². The van der Waals surface area contributed by atoms with Gasteiger partial charge in [0.15, 0.2) is 5.76 Å². The molecule has 4 amide bonds. The molecule has 0 saturated heterocycles. The molecule has 1 aromatic heterocycles. The lowest BCUT2D eigenvalue weighted by Gasteiger charge is -2.29. The molecule has 0 unspecified atom stereocenters. The Hall–Kier alpha value is -4.92. The number of amides is 4. The molecule has 0 fully saturated rings. The first-order valence-corrected chi connectivity index (χ1v) is 16.3. The van der Waals surface area contributed by atoms with Gasteiger partial charge in [0.1, 0.15) is 23.2 Å². The van der Waals surface area contributed by atoms with Gasteiger partial charge in [-0.15, -0.1) is 0 Å². The Balaban J connectivity index is 2.15. The zero-order chi connectivity index (χ0) is 36.7. The fraction of sp³-hybridized carbons (Fsp3) is 0.529. The van der Waals surface area contributed by atoms with Gasteiger partial charge in [-0.05, 0) is 64.8 Å². The Bertz CT molecular complexity index is 1450. The van der Waals surface area contributed by atoms with E-state index in [1.54, 1.807) is 34.6 Å². The smallest absolute Gasteiger partial charge is 0.329 e. The lowest BCUT2D eigenvalue weighted by molar-refractivity contribution is -0.168. The molecule has 15 heteroatoms. The summed E-state index contributed by atoms with van der Waals surface area (Å²) in [6, 6.07) is 5.26. The molecule has 15 nitrogen and oxygen atoms in total. The SMILES string of the molecule is CCCCC[C@@H](C(=O)NCNC(=O)c1ccc(-c2ccc(C(=O)N[C@@H](CC(=O)O)C(=O)OC(C)(C)C)c(OCC)c2)o1)[C@@H](CC)N(O)C=O. The number of hydroxylamine groups is 2. The Morgan fingerprint density at radius 3 is 2.31 bits per heavy atom. The second kappa shape index (κ2) is 19.2. The van der Waals surface area contributed by atoms with E-state index in [1.807, 2.05) is 6.92 Å². The van der Waals surface area contributed by atoms with Crippen molar-refractivity contribution >= 4 is 36.1 Å². The van der Waals surface area contributed by atoms with Gasteiger partial charge in [0.2, 0.25) is 12.3 Å². The first-order chi connectivity index (χ1) is 23.1. The van der Waals surface area contributed by atoms with E-state index in [-0.39, 0.29) is 42.5 Å². The van der Waals surface area contributed by atoms with E-state index in [0.717, 1.165) is 19.3 Å². The summed E-state index contributed by atoms with van der Waals surface area (Å²) in [5, 5.41) is 27.4. The lowest BCUT2D eigenvalue weighted by Crippen LogP contribution is -2.47. The molecule has 0 spiro atoms. The van der Waals surface area contributed by atoms with Crippen LogP contribution in [0.25, 0.3) is 11.3 Å². The fourth-order valence-electron chi connectivity index (χ4n) is 5.01. The van der Waals surface area contributed by atoms with Crippen molar-refractivity contribution in [1.82, 2.24) is 21.0 Å². The van der Waals surface area contributed by atoms with Crippen molar-refractivity contribution < 1.29 is 53.0 Å². The first kappa shape index (κ1) is 40.3. The van der Waals surface area contributed by atoms with E-state index >= 15 is 0 Å². The zero-order valence-corrected chi connectivity index (χ0v) is 28.9. The molecule has 0 aliphatic rings. The van der Waals surface area contributed by atoms with Gasteiger partial charge in [-0.3, -0.25) is 29.2 Å². The quantitative estimate of drug-likeness (QED) is 0.0336. The predicted octanol–water partition coefficient (Wildman–Crippen LogP) is 3.89. The van der Waals surface area contributed by atoms with Crippen molar-refractivity contribution in [2.24, 2.45) is 5.92 Å². The van der Waals surface area contributed by atoms with Crippen LogP contribution in [0, 0.1) is 5.92 Å². The normalized spacial score (nSPS) is 13.0. The Kier molecular flexibility index (Phi) is 15.7. The van der Waals surface area contributed by atoms with E-state index in [0.29, 0.717) is 23.5 Å². The number of nitrogens with zero attached hydrogens (tertiary/aromatic N) is 1. The third-order valence-electron chi connectivity index (χ3n) is 7.31. The minimum Gasteiger partial charge on any atom is -0.493 e. The van der Waals surface area contributed by atoms with Crippen LogP contribution in [-0.4, -0.2) is 82.4 Å². The first-order valence-electron chi connectivity index (χ1n) is 16.3. The number of benzene rings is 1. The number of carbonyl (C=O) groups is 6. The third-order valence-corrected chi connectivity index (χ3v) is 7.31. The van der Waals surface area contributed by atoms with Crippen LogP contribution >= 0.6 is 0 Å². The third kappa shape index (κ3) is 12.6. The standard InChI is InChI=1S/C34H48N4O11/c1-7-10-11-12-22(25(8-2)38(46)20-39)30(42)35-19-36-32(44)27-16-15-26(48-27)21-13-14-23(28(17-21)47-9-3)31(43)37-24(18-29(40)41)33(45)49-34(4,5)6/h13-17,20,22,24-25,46H,7-12,18-19H2,1-6H3,(H,35,42)(H,36,44)(H,37,43)(H,40,41)/t22-,24+,25-/m1/s1. The van der Waals surface area contributed by atoms with Gasteiger partial charge >= 0.3 is 11.9 Å². The second-order valence-corrected chi connectivity index (χ2v) is 12.3. The summed E-state index contributed by atoms with van der Waals surface area (Å²) in [7, 11) is 0. The molecule has 3 atom stereocenters. The summed E-state index contributed by atoms with van der Waals surface area (Å²) >= 11 is 0. The molecule has 0 aliphatic heterocycles. The van der Waals surface area contributed by atoms with E-state index in [4.69, 9.17) is 13.9 Å². The fourth-order valence-corrected chi connectivity index (χ4v) is 5.01. The number of hydrogen-bond donors (Lipinski definition) is 5. The van der Waals surface area contributed by atoms with E-state index in [1.165, 1.54) is 30.3 Å². The summed E-state index contributed by atoms with van der Waals surface area (Å²) in [4.78, 5) is 74.1. The molecular weight excluding hydrogens is 640 g/mol. The Morgan fingerprint density at radius 2 is 1.71 bits per heavy atom. The average Bonchev–Trinajstić information content (AvgIpc) is 3.53. The number of esters is 1. The van der Waals surface area contributed by atoms with Crippen molar-refractivity contribution in [1.29, 1.82) is 0 Å². The molecule has 49 heavy (non-hydrogen) atoms. The molecule has 0 radical (unpaired) electrons. The van der Waals surface area contributed by atoms with E-state index in [2.05, 4.69) is 16.0 Å². The molecule has 0 saturated carbocycles. The van der Waals surface area contributed by atoms with Crippen molar-refractivity contribution in [3.05, 3.63) is 41.7 Å². The van der Waals surface area contributed by atoms with Gasteiger partial charge in [0.05, 0.1) is 37.2 Å². The minimum absolute atomic E-state index is 0.0283. The lowest BCUT2D eigenvalue weighted by atomic mass is 9.90. The molecule has 270 valence electrons. The van der Waals surface area contributed by atoms with E-state index in [9.17, 15) is 39.1 Å². The zero-order valence-electron chi connectivity index (χ0n) is 28.9. The van der Waals surface area contributed by atoms with Gasteiger partial charge in [0.25, 0.3) is 11.8 Å². The van der Waals surface area contributed by atoms with Crippen LogP contribution in [0.1, 0.15) is 101 Å². The van der Waals surface area contributed by atoms with Crippen LogP contribution in [0.5, 0.6) is 5.75 Å². The number of ether oxygens (including phenoxy) is 2. The molecule has 1 heterocycles. The highest BCUT2D eigenvalue weighted by Crippen LogP contribution is 2.29. The summed E-state index contributed by atoms with van der Waals surface area (Å²) in [6.07, 6.45) is 2.93. The predicted molar refractivity (Wildman–Crippen MR) is 177 cm³/mol. The summed E-state index contributed by atoms with van der Waals surface area (Å²) in [5.41, 5.74) is -0.425. The van der Waals surface area contributed by atoms with Gasteiger partial charge < -0.3 is 34.9 Å². The van der Waals surface area contributed by atoms with Crippen LogP contribution in [-0.2, 0) is 23.9 Å². The van der Waals surface area contributed by atoms with Gasteiger partial charge in [-0.2, -0.15) is 0 Å². The topological polar surface area (TPSA) is 214 Å². The minimum atomic E-state index is -1.45. The summed E-state index contributed by atoms with van der Waals surface area (Å²) in [5.74, 6) is -4.36.